The number of rotatable bonds is 4. The molecule has 0 fully saturated rings. The maximum atomic E-state index is 10.9. The molecule has 4 nitrogen and oxygen atoms in total. The van der Waals surface area contributed by atoms with Gasteiger partial charge in [-0.2, -0.15) is 5.10 Å². The van der Waals surface area contributed by atoms with Gasteiger partial charge in [0.25, 0.3) is 0 Å². The zero-order chi connectivity index (χ0) is 13.1. The Morgan fingerprint density at radius 3 is 2.83 bits per heavy atom. The highest BCUT2D eigenvalue weighted by atomic mass is 79.9. The van der Waals surface area contributed by atoms with Gasteiger partial charge in [0.05, 0.1) is 6.54 Å². The average molecular weight is 309 g/mol. The van der Waals surface area contributed by atoms with Crippen molar-refractivity contribution in [2.75, 3.05) is 0 Å². The van der Waals surface area contributed by atoms with Crippen LogP contribution >= 0.6 is 15.9 Å². The SMILES string of the molecule is CCc1cc(C(=O)O)nn1Cc1cccc(Br)c1. The molecule has 0 saturated carbocycles. The number of halogens is 1. The first-order valence-electron chi connectivity index (χ1n) is 5.64. The highest BCUT2D eigenvalue weighted by Gasteiger charge is 2.12. The minimum absolute atomic E-state index is 0.0989. The van der Waals surface area contributed by atoms with Crippen LogP contribution in [0.5, 0.6) is 0 Å². The van der Waals surface area contributed by atoms with Gasteiger partial charge in [-0.3, -0.25) is 4.68 Å². The molecule has 0 aliphatic rings. The third-order valence-corrected chi connectivity index (χ3v) is 3.16. The van der Waals surface area contributed by atoms with E-state index in [0.717, 1.165) is 22.2 Å². The Morgan fingerprint density at radius 1 is 1.44 bits per heavy atom. The zero-order valence-corrected chi connectivity index (χ0v) is 11.5. The third kappa shape index (κ3) is 2.79. The van der Waals surface area contributed by atoms with Gasteiger partial charge >= 0.3 is 5.97 Å². The molecule has 2 aromatic rings. The first kappa shape index (κ1) is 12.8. The molecule has 5 heteroatoms. The second kappa shape index (κ2) is 5.35. The standard InChI is InChI=1S/C13H13BrN2O2/c1-2-11-7-12(13(17)18)15-16(11)8-9-4-3-5-10(14)6-9/h3-7H,2,8H2,1H3,(H,17,18). The fraction of sp³-hybridized carbons (Fsp3) is 0.231. The van der Waals surface area contributed by atoms with E-state index < -0.39 is 5.97 Å². The Labute approximate surface area is 113 Å². The van der Waals surface area contributed by atoms with E-state index in [1.165, 1.54) is 0 Å². The van der Waals surface area contributed by atoms with Crippen LogP contribution in [0.4, 0.5) is 0 Å². The van der Waals surface area contributed by atoms with Gasteiger partial charge in [-0.15, -0.1) is 0 Å². The Kier molecular flexibility index (Phi) is 3.81. The normalized spacial score (nSPS) is 10.6. The van der Waals surface area contributed by atoms with Gasteiger partial charge in [0, 0.05) is 10.2 Å². The van der Waals surface area contributed by atoms with E-state index in [4.69, 9.17) is 5.11 Å². The average Bonchev–Trinajstić information content (AvgIpc) is 2.72. The summed E-state index contributed by atoms with van der Waals surface area (Å²) in [5.74, 6) is -0.988. The number of hydrogen-bond donors (Lipinski definition) is 1. The highest BCUT2D eigenvalue weighted by Crippen LogP contribution is 2.14. The van der Waals surface area contributed by atoms with Crippen LogP contribution in [0.3, 0.4) is 0 Å². The van der Waals surface area contributed by atoms with Crippen LogP contribution in [0.1, 0.15) is 28.7 Å². The molecule has 0 saturated heterocycles. The van der Waals surface area contributed by atoms with Crippen LogP contribution in [0, 0.1) is 0 Å². The van der Waals surface area contributed by atoms with Crippen molar-refractivity contribution in [2.24, 2.45) is 0 Å². The number of aromatic carboxylic acids is 1. The smallest absolute Gasteiger partial charge is 0.356 e. The molecule has 1 N–H and O–H groups in total. The molecule has 0 amide bonds. The van der Waals surface area contributed by atoms with E-state index in [0.29, 0.717) is 6.54 Å². The van der Waals surface area contributed by atoms with Gasteiger partial charge in [0.15, 0.2) is 5.69 Å². The van der Waals surface area contributed by atoms with Gasteiger partial charge in [0.1, 0.15) is 0 Å². The van der Waals surface area contributed by atoms with Crippen LogP contribution < -0.4 is 0 Å². The lowest BCUT2D eigenvalue weighted by Crippen LogP contribution is -2.07. The van der Waals surface area contributed by atoms with Crippen molar-refractivity contribution in [1.29, 1.82) is 0 Å². The number of carboxylic acids is 1. The number of benzene rings is 1. The predicted molar refractivity (Wildman–Crippen MR) is 71.8 cm³/mol. The largest absolute Gasteiger partial charge is 0.476 e. The Bertz CT molecular complexity index is 578. The molecular weight excluding hydrogens is 296 g/mol. The monoisotopic (exact) mass is 308 g/mol. The number of carboxylic acid groups (broad SMARTS) is 1. The minimum Gasteiger partial charge on any atom is -0.476 e. The highest BCUT2D eigenvalue weighted by molar-refractivity contribution is 9.10. The van der Waals surface area contributed by atoms with Gasteiger partial charge in [0.2, 0.25) is 0 Å². The van der Waals surface area contributed by atoms with Crippen molar-refractivity contribution in [3.63, 3.8) is 0 Å². The lowest BCUT2D eigenvalue weighted by Gasteiger charge is -2.06. The molecular formula is C13H13BrN2O2. The Balaban J connectivity index is 2.30. The zero-order valence-electron chi connectivity index (χ0n) is 9.93. The Morgan fingerprint density at radius 2 is 2.22 bits per heavy atom. The van der Waals surface area contributed by atoms with Crippen molar-refractivity contribution in [1.82, 2.24) is 9.78 Å². The Hall–Kier alpha value is -1.62. The lowest BCUT2D eigenvalue weighted by molar-refractivity contribution is 0.0689. The van der Waals surface area contributed by atoms with Crippen molar-refractivity contribution in [2.45, 2.75) is 19.9 Å². The first-order chi connectivity index (χ1) is 8.60. The molecule has 94 valence electrons. The molecule has 1 aromatic carbocycles. The van der Waals surface area contributed by atoms with Crippen molar-refractivity contribution < 1.29 is 9.90 Å². The first-order valence-corrected chi connectivity index (χ1v) is 6.44. The summed E-state index contributed by atoms with van der Waals surface area (Å²) in [5, 5.41) is 13.1. The van der Waals surface area contributed by atoms with Crippen LogP contribution in [-0.2, 0) is 13.0 Å². The van der Waals surface area contributed by atoms with Crippen molar-refractivity contribution >= 4 is 21.9 Å². The van der Waals surface area contributed by atoms with E-state index in [1.807, 2.05) is 31.2 Å². The molecule has 1 aromatic heterocycles. The molecule has 1 heterocycles. The quantitative estimate of drug-likeness (QED) is 0.944. The van der Waals surface area contributed by atoms with E-state index in [9.17, 15) is 4.79 Å². The minimum atomic E-state index is -0.988. The second-order valence-electron chi connectivity index (χ2n) is 3.97. The number of carbonyl (C=O) groups is 1. The van der Waals surface area contributed by atoms with Crippen molar-refractivity contribution in [3.8, 4) is 0 Å². The summed E-state index contributed by atoms with van der Waals surface area (Å²) >= 11 is 3.42. The van der Waals surface area contributed by atoms with Gasteiger partial charge in [-0.05, 0) is 30.2 Å². The van der Waals surface area contributed by atoms with Gasteiger partial charge < -0.3 is 5.11 Å². The molecule has 0 radical (unpaired) electrons. The number of aryl methyl sites for hydroxylation is 1. The van der Waals surface area contributed by atoms with Crippen LogP contribution in [-0.4, -0.2) is 20.9 Å². The maximum Gasteiger partial charge on any atom is 0.356 e. The lowest BCUT2D eigenvalue weighted by atomic mass is 10.2. The molecule has 18 heavy (non-hydrogen) atoms. The summed E-state index contributed by atoms with van der Waals surface area (Å²) in [4.78, 5) is 10.9. The van der Waals surface area contributed by atoms with Crippen LogP contribution in [0.25, 0.3) is 0 Å². The summed E-state index contributed by atoms with van der Waals surface area (Å²) in [6.07, 6.45) is 0.758. The molecule has 0 aliphatic carbocycles. The fourth-order valence-electron chi connectivity index (χ4n) is 1.79. The molecule has 2 rings (SSSR count). The molecule has 0 bridgehead atoms. The summed E-state index contributed by atoms with van der Waals surface area (Å²) < 4.78 is 2.74. The summed E-state index contributed by atoms with van der Waals surface area (Å²) in [6.45, 7) is 2.57. The maximum absolute atomic E-state index is 10.9. The van der Waals surface area contributed by atoms with Crippen LogP contribution in [0.2, 0.25) is 0 Å². The molecule has 0 spiro atoms. The van der Waals surface area contributed by atoms with E-state index in [-0.39, 0.29) is 5.69 Å². The summed E-state index contributed by atoms with van der Waals surface area (Å²) in [7, 11) is 0. The molecule has 0 aliphatic heterocycles. The second-order valence-corrected chi connectivity index (χ2v) is 4.88. The van der Waals surface area contributed by atoms with E-state index >= 15 is 0 Å². The molecule has 0 unspecified atom stereocenters. The third-order valence-electron chi connectivity index (χ3n) is 2.67. The summed E-state index contributed by atoms with van der Waals surface area (Å²) in [5.41, 5.74) is 2.10. The fourth-order valence-corrected chi connectivity index (χ4v) is 2.24. The van der Waals surface area contributed by atoms with E-state index in [1.54, 1.807) is 10.7 Å². The van der Waals surface area contributed by atoms with E-state index in [2.05, 4.69) is 21.0 Å². The number of aromatic nitrogens is 2. The van der Waals surface area contributed by atoms with Gasteiger partial charge in [-0.25, -0.2) is 4.79 Å². The molecule has 0 atom stereocenters. The van der Waals surface area contributed by atoms with Crippen molar-refractivity contribution in [3.05, 3.63) is 51.8 Å². The summed E-state index contributed by atoms with van der Waals surface area (Å²) in [6, 6.07) is 9.52. The topological polar surface area (TPSA) is 55.1 Å². The van der Waals surface area contributed by atoms with Crippen LogP contribution in [0.15, 0.2) is 34.8 Å². The van der Waals surface area contributed by atoms with Gasteiger partial charge in [-0.1, -0.05) is 35.0 Å². The number of hydrogen-bond acceptors (Lipinski definition) is 2. The number of nitrogens with zero attached hydrogens (tertiary/aromatic N) is 2. The predicted octanol–water partition coefficient (Wildman–Crippen LogP) is 2.95.